The summed E-state index contributed by atoms with van der Waals surface area (Å²) in [7, 11) is 0. The van der Waals surface area contributed by atoms with Crippen LogP contribution in [-0.4, -0.2) is 23.7 Å². The standard InChI is InChI=1S/C16H23NO3/c1-10(2)16(9-17,15(18)19)8-13-7-12-6-11(3)4-5-14(12)20-13/h4-6,10,13H,7-9,17H2,1-3H3,(H,18,19). The maximum atomic E-state index is 11.7. The molecule has 0 saturated heterocycles. The molecule has 0 radical (unpaired) electrons. The molecule has 2 unspecified atom stereocenters. The summed E-state index contributed by atoms with van der Waals surface area (Å²) in [5.41, 5.74) is 7.22. The Hall–Kier alpha value is -1.55. The highest BCUT2D eigenvalue weighted by molar-refractivity contribution is 5.75. The molecular formula is C16H23NO3. The summed E-state index contributed by atoms with van der Waals surface area (Å²) < 4.78 is 5.90. The van der Waals surface area contributed by atoms with Crippen molar-refractivity contribution in [1.82, 2.24) is 0 Å². The minimum absolute atomic E-state index is 0.0287. The summed E-state index contributed by atoms with van der Waals surface area (Å²) in [4.78, 5) is 11.7. The highest BCUT2D eigenvalue weighted by Gasteiger charge is 2.44. The van der Waals surface area contributed by atoms with Gasteiger partial charge in [0.05, 0.1) is 5.41 Å². The van der Waals surface area contributed by atoms with E-state index in [0.717, 1.165) is 17.7 Å². The van der Waals surface area contributed by atoms with Crippen LogP contribution < -0.4 is 10.5 Å². The Morgan fingerprint density at radius 3 is 2.80 bits per heavy atom. The molecule has 1 heterocycles. The van der Waals surface area contributed by atoms with Crippen molar-refractivity contribution in [3.63, 3.8) is 0 Å². The third-order valence-corrected chi connectivity index (χ3v) is 4.44. The molecule has 0 amide bonds. The molecule has 20 heavy (non-hydrogen) atoms. The van der Waals surface area contributed by atoms with Gasteiger partial charge < -0.3 is 15.6 Å². The topological polar surface area (TPSA) is 72.6 Å². The number of aryl methyl sites for hydroxylation is 1. The quantitative estimate of drug-likeness (QED) is 0.866. The minimum Gasteiger partial charge on any atom is -0.490 e. The van der Waals surface area contributed by atoms with E-state index in [1.165, 1.54) is 5.56 Å². The lowest BCUT2D eigenvalue weighted by Gasteiger charge is -2.33. The maximum absolute atomic E-state index is 11.7. The van der Waals surface area contributed by atoms with Gasteiger partial charge in [0, 0.05) is 19.4 Å². The summed E-state index contributed by atoms with van der Waals surface area (Å²) >= 11 is 0. The molecule has 1 aliphatic rings. The average Bonchev–Trinajstić information content (AvgIpc) is 2.76. The normalized spacial score (nSPS) is 20.4. The summed E-state index contributed by atoms with van der Waals surface area (Å²) in [6.45, 7) is 6.00. The van der Waals surface area contributed by atoms with Gasteiger partial charge in [-0.1, -0.05) is 31.5 Å². The Morgan fingerprint density at radius 1 is 1.55 bits per heavy atom. The number of nitrogens with two attached hydrogens (primary N) is 1. The van der Waals surface area contributed by atoms with Gasteiger partial charge in [0.15, 0.2) is 0 Å². The van der Waals surface area contributed by atoms with Gasteiger partial charge in [-0.2, -0.15) is 0 Å². The van der Waals surface area contributed by atoms with Gasteiger partial charge in [-0.15, -0.1) is 0 Å². The molecule has 1 aromatic rings. The third kappa shape index (κ3) is 2.52. The average molecular weight is 277 g/mol. The van der Waals surface area contributed by atoms with Crippen LogP contribution in [0.5, 0.6) is 5.75 Å². The zero-order valence-electron chi connectivity index (χ0n) is 12.3. The maximum Gasteiger partial charge on any atom is 0.311 e. The van der Waals surface area contributed by atoms with E-state index in [2.05, 4.69) is 6.07 Å². The number of benzene rings is 1. The number of rotatable bonds is 5. The molecular weight excluding hydrogens is 254 g/mol. The van der Waals surface area contributed by atoms with Crippen LogP contribution in [-0.2, 0) is 11.2 Å². The zero-order valence-corrected chi connectivity index (χ0v) is 12.3. The van der Waals surface area contributed by atoms with Crippen LogP contribution in [0.4, 0.5) is 0 Å². The van der Waals surface area contributed by atoms with E-state index < -0.39 is 11.4 Å². The number of aliphatic carboxylic acids is 1. The van der Waals surface area contributed by atoms with Gasteiger partial charge in [-0.3, -0.25) is 4.79 Å². The Balaban J connectivity index is 2.17. The van der Waals surface area contributed by atoms with E-state index in [0.29, 0.717) is 6.42 Å². The first kappa shape index (κ1) is 14.9. The van der Waals surface area contributed by atoms with Crippen molar-refractivity contribution in [2.45, 2.75) is 39.7 Å². The molecule has 0 saturated carbocycles. The molecule has 1 aliphatic heterocycles. The van der Waals surface area contributed by atoms with Gasteiger partial charge in [-0.25, -0.2) is 0 Å². The minimum atomic E-state index is -0.915. The molecule has 110 valence electrons. The summed E-state index contributed by atoms with van der Waals surface area (Å²) in [5, 5.41) is 9.58. The van der Waals surface area contributed by atoms with E-state index in [-0.39, 0.29) is 18.6 Å². The number of hydrogen-bond acceptors (Lipinski definition) is 3. The fraction of sp³-hybridized carbons (Fsp3) is 0.562. The third-order valence-electron chi connectivity index (χ3n) is 4.44. The molecule has 2 atom stereocenters. The second-order valence-corrected chi connectivity index (χ2v) is 6.08. The van der Waals surface area contributed by atoms with Gasteiger partial charge in [-0.05, 0) is 24.5 Å². The Kier molecular flexibility index (Phi) is 4.04. The zero-order chi connectivity index (χ0) is 14.9. The molecule has 0 fully saturated rings. The van der Waals surface area contributed by atoms with Crippen LogP contribution >= 0.6 is 0 Å². The van der Waals surface area contributed by atoms with Crippen molar-refractivity contribution in [2.24, 2.45) is 17.1 Å². The van der Waals surface area contributed by atoms with Crippen LogP contribution in [0.25, 0.3) is 0 Å². The lowest BCUT2D eigenvalue weighted by Crippen LogP contribution is -2.46. The van der Waals surface area contributed by atoms with Crippen molar-refractivity contribution in [3.05, 3.63) is 29.3 Å². The molecule has 1 aromatic carbocycles. The molecule has 2 rings (SSSR count). The van der Waals surface area contributed by atoms with Crippen LogP contribution in [0.15, 0.2) is 18.2 Å². The van der Waals surface area contributed by atoms with Gasteiger partial charge in [0.2, 0.25) is 0 Å². The SMILES string of the molecule is Cc1ccc2c(c1)CC(CC(CN)(C(=O)O)C(C)C)O2. The van der Waals surface area contributed by atoms with Crippen molar-refractivity contribution < 1.29 is 14.6 Å². The Labute approximate surface area is 119 Å². The smallest absolute Gasteiger partial charge is 0.311 e. The molecule has 0 spiro atoms. The predicted molar refractivity (Wildman–Crippen MR) is 77.9 cm³/mol. The highest BCUT2D eigenvalue weighted by atomic mass is 16.5. The van der Waals surface area contributed by atoms with Crippen molar-refractivity contribution in [3.8, 4) is 5.75 Å². The number of fused-ring (bicyclic) bond motifs is 1. The molecule has 0 aliphatic carbocycles. The second-order valence-electron chi connectivity index (χ2n) is 6.08. The first-order valence-corrected chi connectivity index (χ1v) is 7.08. The Morgan fingerprint density at radius 2 is 2.25 bits per heavy atom. The number of ether oxygens (including phenoxy) is 1. The molecule has 0 bridgehead atoms. The predicted octanol–water partition coefficient (Wildman–Crippen LogP) is 2.37. The number of carboxylic acid groups (broad SMARTS) is 1. The van der Waals surface area contributed by atoms with Gasteiger partial charge in [0.25, 0.3) is 0 Å². The van der Waals surface area contributed by atoms with Crippen LogP contribution in [0, 0.1) is 18.3 Å². The van der Waals surface area contributed by atoms with E-state index >= 15 is 0 Å². The summed E-state index contributed by atoms with van der Waals surface area (Å²) in [5.74, 6) is 0.0189. The highest BCUT2D eigenvalue weighted by Crippen LogP contribution is 2.38. The monoisotopic (exact) mass is 277 g/mol. The molecule has 4 heteroatoms. The van der Waals surface area contributed by atoms with Gasteiger partial charge in [0.1, 0.15) is 11.9 Å². The van der Waals surface area contributed by atoms with Crippen molar-refractivity contribution >= 4 is 5.97 Å². The molecule has 4 nitrogen and oxygen atoms in total. The fourth-order valence-electron chi connectivity index (χ4n) is 2.95. The van der Waals surface area contributed by atoms with E-state index in [1.54, 1.807) is 0 Å². The number of carboxylic acids is 1. The van der Waals surface area contributed by atoms with Crippen molar-refractivity contribution in [1.29, 1.82) is 0 Å². The second kappa shape index (κ2) is 5.44. The lowest BCUT2D eigenvalue weighted by molar-refractivity contribution is -0.153. The first-order valence-electron chi connectivity index (χ1n) is 7.08. The van der Waals surface area contributed by atoms with Crippen LogP contribution in [0.1, 0.15) is 31.4 Å². The Bertz CT molecular complexity index is 512. The summed E-state index contributed by atoms with van der Waals surface area (Å²) in [6.07, 6.45) is 1.11. The van der Waals surface area contributed by atoms with Crippen LogP contribution in [0.3, 0.4) is 0 Å². The number of hydrogen-bond donors (Lipinski definition) is 2. The largest absolute Gasteiger partial charge is 0.490 e. The number of carbonyl (C=O) groups is 1. The summed E-state index contributed by atoms with van der Waals surface area (Å²) in [6, 6.07) is 6.08. The van der Waals surface area contributed by atoms with E-state index in [9.17, 15) is 9.90 Å². The van der Waals surface area contributed by atoms with Gasteiger partial charge >= 0.3 is 5.97 Å². The molecule has 3 N–H and O–H groups in total. The fourth-order valence-corrected chi connectivity index (χ4v) is 2.95. The lowest BCUT2D eigenvalue weighted by atomic mass is 9.72. The van der Waals surface area contributed by atoms with E-state index in [1.807, 2.05) is 32.9 Å². The first-order chi connectivity index (χ1) is 9.39. The van der Waals surface area contributed by atoms with Crippen LogP contribution in [0.2, 0.25) is 0 Å². The van der Waals surface area contributed by atoms with E-state index in [4.69, 9.17) is 10.5 Å². The van der Waals surface area contributed by atoms with Crippen molar-refractivity contribution in [2.75, 3.05) is 6.54 Å². The molecule has 0 aromatic heterocycles.